The fourth-order valence-electron chi connectivity index (χ4n) is 2.31. The minimum Gasteiger partial charge on any atom is -0.361 e. The van der Waals surface area contributed by atoms with Crippen LogP contribution in [0.15, 0.2) is 4.52 Å². The second kappa shape index (κ2) is 5.78. The molecule has 6 nitrogen and oxygen atoms in total. The van der Waals surface area contributed by atoms with E-state index < -0.39 is 0 Å². The van der Waals surface area contributed by atoms with E-state index >= 15 is 0 Å². The van der Waals surface area contributed by atoms with Gasteiger partial charge in [0, 0.05) is 25.9 Å². The second-order valence-electron chi connectivity index (χ2n) is 4.70. The molecule has 0 saturated carbocycles. The molecule has 1 aromatic rings. The van der Waals surface area contributed by atoms with Gasteiger partial charge in [-0.15, -0.1) is 12.3 Å². The van der Waals surface area contributed by atoms with E-state index in [9.17, 15) is 9.59 Å². The maximum absolute atomic E-state index is 12.5. The van der Waals surface area contributed by atoms with Gasteiger partial charge in [-0.05, 0) is 20.3 Å². The number of hydrazine groups is 1. The van der Waals surface area contributed by atoms with Crippen molar-refractivity contribution in [2.45, 2.75) is 33.1 Å². The lowest BCUT2D eigenvalue weighted by Gasteiger charge is -2.27. The molecule has 0 atom stereocenters. The van der Waals surface area contributed by atoms with Crippen LogP contribution < -0.4 is 0 Å². The highest BCUT2D eigenvalue weighted by molar-refractivity contribution is 5.97. The molecular weight excluding hydrogens is 258 g/mol. The quantitative estimate of drug-likeness (QED) is 0.780. The van der Waals surface area contributed by atoms with Crippen molar-refractivity contribution in [3.8, 4) is 12.3 Å². The van der Waals surface area contributed by atoms with Crippen molar-refractivity contribution in [2.75, 3.05) is 13.1 Å². The Morgan fingerprint density at radius 1 is 1.35 bits per heavy atom. The first kappa shape index (κ1) is 14.1. The molecule has 2 rings (SSSR count). The Hall–Kier alpha value is -2.29. The Morgan fingerprint density at radius 3 is 2.65 bits per heavy atom. The van der Waals surface area contributed by atoms with Crippen molar-refractivity contribution < 1.29 is 14.1 Å². The van der Waals surface area contributed by atoms with Gasteiger partial charge in [-0.3, -0.25) is 14.6 Å². The SMILES string of the molecule is C#CCCC(=O)N1CCCN1C(=O)c1c(C)noc1C. The van der Waals surface area contributed by atoms with Crippen molar-refractivity contribution in [1.82, 2.24) is 15.2 Å². The van der Waals surface area contributed by atoms with Crippen LogP contribution >= 0.6 is 0 Å². The van der Waals surface area contributed by atoms with Gasteiger partial charge in [0.2, 0.25) is 5.91 Å². The standard InChI is InChI=1S/C14H17N3O3/c1-4-5-7-12(18)16-8-6-9-17(16)14(19)13-10(2)15-20-11(13)3/h1H,5-9H2,2-3H3. The molecule has 0 N–H and O–H groups in total. The number of hydrogen-bond acceptors (Lipinski definition) is 4. The van der Waals surface area contributed by atoms with Gasteiger partial charge in [0.15, 0.2) is 0 Å². The van der Waals surface area contributed by atoms with E-state index in [-0.39, 0.29) is 18.2 Å². The summed E-state index contributed by atoms with van der Waals surface area (Å²) in [4.78, 5) is 24.6. The molecule has 0 radical (unpaired) electrons. The van der Waals surface area contributed by atoms with Crippen LogP contribution in [0.1, 0.15) is 41.1 Å². The molecule has 106 valence electrons. The van der Waals surface area contributed by atoms with E-state index in [1.165, 1.54) is 10.0 Å². The van der Waals surface area contributed by atoms with Gasteiger partial charge in [0.25, 0.3) is 5.91 Å². The molecule has 20 heavy (non-hydrogen) atoms. The molecule has 1 fully saturated rings. The van der Waals surface area contributed by atoms with Crippen LogP contribution in [0.3, 0.4) is 0 Å². The molecule has 1 aliphatic heterocycles. The van der Waals surface area contributed by atoms with Crippen LogP contribution in [0.2, 0.25) is 0 Å². The fourth-order valence-corrected chi connectivity index (χ4v) is 2.31. The summed E-state index contributed by atoms with van der Waals surface area (Å²) in [5.74, 6) is 2.54. The van der Waals surface area contributed by atoms with Crippen LogP contribution in [0.4, 0.5) is 0 Å². The third kappa shape index (κ3) is 2.52. The summed E-state index contributed by atoms with van der Waals surface area (Å²) in [6, 6.07) is 0. The van der Waals surface area contributed by atoms with Crippen LogP contribution in [-0.2, 0) is 4.79 Å². The predicted octanol–water partition coefficient (Wildman–Crippen LogP) is 1.29. The van der Waals surface area contributed by atoms with Crippen LogP contribution in [0.25, 0.3) is 0 Å². The Balaban J connectivity index is 2.17. The highest BCUT2D eigenvalue weighted by Gasteiger charge is 2.33. The summed E-state index contributed by atoms with van der Waals surface area (Å²) in [7, 11) is 0. The number of carbonyl (C=O) groups excluding carboxylic acids is 2. The van der Waals surface area contributed by atoms with Gasteiger partial charge in [-0.25, -0.2) is 5.01 Å². The fraction of sp³-hybridized carbons (Fsp3) is 0.500. The zero-order valence-electron chi connectivity index (χ0n) is 11.7. The maximum Gasteiger partial charge on any atom is 0.277 e. The number of rotatable bonds is 3. The Kier molecular flexibility index (Phi) is 4.08. The molecule has 2 amide bonds. The lowest BCUT2D eigenvalue weighted by Crippen LogP contribution is -2.45. The summed E-state index contributed by atoms with van der Waals surface area (Å²) in [6.45, 7) is 4.46. The topological polar surface area (TPSA) is 66.7 Å². The molecule has 0 spiro atoms. The third-order valence-electron chi connectivity index (χ3n) is 3.28. The first-order valence-electron chi connectivity index (χ1n) is 6.54. The number of hydrogen-bond donors (Lipinski definition) is 0. The average Bonchev–Trinajstić information content (AvgIpc) is 3.03. The number of aromatic nitrogens is 1. The van der Waals surface area contributed by atoms with Crippen molar-refractivity contribution in [2.24, 2.45) is 0 Å². The highest BCUT2D eigenvalue weighted by Crippen LogP contribution is 2.20. The minimum absolute atomic E-state index is 0.124. The second-order valence-corrected chi connectivity index (χ2v) is 4.70. The molecule has 1 saturated heterocycles. The Morgan fingerprint density at radius 2 is 2.05 bits per heavy atom. The predicted molar refractivity (Wildman–Crippen MR) is 71.4 cm³/mol. The number of nitrogens with zero attached hydrogens (tertiary/aromatic N) is 3. The smallest absolute Gasteiger partial charge is 0.277 e. The summed E-state index contributed by atoms with van der Waals surface area (Å²) in [6.07, 6.45) is 6.56. The largest absolute Gasteiger partial charge is 0.361 e. The maximum atomic E-state index is 12.5. The number of amides is 2. The normalized spacial score (nSPS) is 14.4. The van der Waals surface area contributed by atoms with E-state index in [4.69, 9.17) is 10.9 Å². The zero-order valence-corrected chi connectivity index (χ0v) is 11.7. The Bertz CT molecular complexity index is 551. The van der Waals surface area contributed by atoms with E-state index in [0.717, 1.165) is 6.42 Å². The van der Waals surface area contributed by atoms with Crippen LogP contribution in [0, 0.1) is 26.2 Å². The third-order valence-corrected chi connectivity index (χ3v) is 3.28. The van der Waals surface area contributed by atoms with Gasteiger partial charge in [0.05, 0.1) is 5.69 Å². The molecular formula is C14H17N3O3. The monoisotopic (exact) mass is 275 g/mol. The van der Waals surface area contributed by atoms with E-state index in [0.29, 0.717) is 36.5 Å². The number of terminal acetylenes is 1. The first-order chi connectivity index (χ1) is 9.56. The highest BCUT2D eigenvalue weighted by atomic mass is 16.5. The van der Waals surface area contributed by atoms with Gasteiger partial charge >= 0.3 is 0 Å². The molecule has 1 aliphatic rings. The molecule has 0 bridgehead atoms. The Labute approximate surface area is 117 Å². The lowest BCUT2D eigenvalue weighted by molar-refractivity contribution is -0.140. The first-order valence-corrected chi connectivity index (χ1v) is 6.54. The molecule has 0 aromatic carbocycles. The molecule has 2 heterocycles. The van der Waals surface area contributed by atoms with E-state index in [1.54, 1.807) is 13.8 Å². The van der Waals surface area contributed by atoms with Gasteiger partial charge in [-0.1, -0.05) is 5.16 Å². The van der Waals surface area contributed by atoms with Crippen molar-refractivity contribution in [1.29, 1.82) is 0 Å². The summed E-state index contributed by atoms with van der Waals surface area (Å²) < 4.78 is 5.01. The molecule has 6 heteroatoms. The summed E-state index contributed by atoms with van der Waals surface area (Å²) in [5.41, 5.74) is 0.970. The zero-order chi connectivity index (χ0) is 14.7. The molecule has 0 aliphatic carbocycles. The van der Waals surface area contributed by atoms with Gasteiger partial charge in [0.1, 0.15) is 11.3 Å². The lowest BCUT2D eigenvalue weighted by atomic mass is 10.2. The average molecular weight is 275 g/mol. The van der Waals surface area contributed by atoms with E-state index in [1.807, 2.05) is 0 Å². The number of aryl methyl sites for hydroxylation is 2. The van der Waals surface area contributed by atoms with Crippen LogP contribution in [0.5, 0.6) is 0 Å². The minimum atomic E-state index is -0.243. The van der Waals surface area contributed by atoms with Crippen LogP contribution in [-0.4, -0.2) is 40.1 Å². The van der Waals surface area contributed by atoms with Crippen molar-refractivity contribution in [3.05, 3.63) is 17.0 Å². The summed E-state index contributed by atoms with van der Waals surface area (Å²) in [5, 5.41) is 6.72. The van der Waals surface area contributed by atoms with Crippen molar-refractivity contribution >= 4 is 11.8 Å². The van der Waals surface area contributed by atoms with E-state index in [2.05, 4.69) is 11.1 Å². The van der Waals surface area contributed by atoms with Gasteiger partial charge in [-0.2, -0.15) is 0 Å². The van der Waals surface area contributed by atoms with Gasteiger partial charge < -0.3 is 4.52 Å². The van der Waals surface area contributed by atoms with Crippen molar-refractivity contribution in [3.63, 3.8) is 0 Å². The number of carbonyl (C=O) groups is 2. The molecule has 0 unspecified atom stereocenters. The molecule has 1 aromatic heterocycles. The summed E-state index contributed by atoms with van der Waals surface area (Å²) >= 11 is 0.